The largest absolute Gasteiger partial charge is 0.506 e. The number of anilines is 2. The van der Waals surface area contributed by atoms with Gasteiger partial charge in [-0.15, -0.1) is 0 Å². The van der Waals surface area contributed by atoms with Crippen molar-refractivity contribution in [3.05, 3.63) is 81.4 Å². The number of amides is 1. The first-order valence-corrected chi connectivity index (χ1v) is 11.2. The number of aliphatic carboxylic acids is 1. The van der Waals surface area contributed by atoms with Crippen LogP contribution in [-0.2, 0) is 15.8 Å². The second-order valence-corrected chi connectivity index (χ2v) is 8.72. The van der Waals surface area contributed by atoms with Crippen molar-refractivity contribution in [3.63, 3.8) is 0 Å². The number of carboxylic acid groups (broad SMARTS) is 1. The van der Waals surface area contributed by atoms with E-state index in [9.17, 15) is 27.9 Å². The summed E-state index contributed by atoms with van der Waals surface area (Å²) in [5.74, 6) is -2.39. The highest BCUT2D eigenvalue weighted by Gasteiger charge is 2.39. The molecule has 3 aromatic rings. The Morgan fingerprint density at radius 2 is 1.81 bits per heavy atom. The van der Waals surface area contributed by atoms with E-state index in [1.54, 1.807) is 25.1 Å². The summed E-state index contributed by atoms with van der Waals surface area (Å²) in [6, 6.07) is 11.0. The third kappa shape index (κ3) is 5.14. The van der Waals surface area contributed by atoms with Gasteiger partial charge in [0.2, 0.25) is 0 Å². The lowest BCUT2D eigenvalue weighted by molar-refractivity contribution is -0.137. The summed E-state index contributed by atoms with van der Waals surface area (Å²) in [4.78, 5) is 23.6. The molecule has 0 spiro atoms. The topological polar surface area (TPSA) is 111 Å². The first kappa shape index (κ1) is 25.8. The second kappa shape index (κ2) is 9.62. The minimum atomic E-state index is -4.67. The van der Waals surface area contributed by atoms with E-state index in [0.29, 0.717) is 11.1 Å². The van der Waals surface area contributed by atoms with Gasteiger partial charge in [-0.05, 0) is 66.4 Å². The van der Waals surface area contributed by atoms with Gasteiger partial charge in [-0.2, -0.15) is 18.3 Å². The molecule has 0 saturated carbocycles. The van der Waals surface area contributed by atoms with E-state index in [2.05, 4.69) is 15.8 Å². The average molecular weight is 530 g/mol. The van der Waals surface area contributed by atoms with E-state index < -0.39 is 28.6 Å². The molecule has 4 N–H and O–H groups in total. The standard InChI is InChI=1S/C26H19ClF3N3O4/c1-12-3-5-15(9-13(12)2)21-17(26(28,29)30)7-6-16-22(21)31-24(35)23(16)33-32-19-8-4-14(11-20(19)34)10-18(27)25(36)37/h3-11,32,34H,1-2H3,(H,36,37)(H,31,33,35). The second-order valence-electron chi connectivity index (χ2n) is 8.31. The van der Waals surface area contributed by atoms with Crippen molar-refractivity contribution in [2.45, 2.75) is 20.0 Å². The minimum Gasteiger partial charge on any atom is -0.506 e. The third-order valence-corrected chi connectivity index (χ3v) is 6.09. The van der Waals surface area contributed by atoms with E-state index >= 15 is 0 Å². The van der Waals surface area contributed by atoms with Gasteiger partial charge in [0, 0.05) is 11.1 Å². The van der Waals surface area contributed by atoms with Gasteiger partial charge in [0.05, 0.1) is 16.9 Å². The smallest absolute Gasteiger partial charge is 0.417 e. The van der Waals surface area contributed by atoms with E-state index in [-0.39, 0.29) is 34.0 Å². The Labute approximate surface area is 213 Å². The number of alkyl halides is 3. The van der Waals surface area contributed by atoms with Gasteiger partial charge in [0.15, 0.2) is 5.71 Å². The first-order chi connectivity index (χ1) is 17.4. The number of rotatable bonds is 5. The number of fused-ring (bicyclic) bond motifs is 1. The fourth-order valence-electron chi connectivity index (χ4n) is 3.83. The van der Waals surface area contributed by atoms with Crippen LogP contribution in [-0.4, -0.2) is 27.8 Å². The number of hydrogen-bond donors (Lipinski definition) is 4. The molecule has 0 bridgehead atoms. The zero-order chi connectivity index (χ0) is 27.1. The summed E-state index contributed by atoms with van der Waals surface area (Å²) in [6.07, 6.45) is -3.54. The highest BCUT2D eigenvalue weighted by atomic mass is 35.5. The molecule has 1 heterocycles. The molecule has 1 aliphatic heterocycles. The number of phenols is 1. The number of nitrogens with zero attached hydrogens (tertiary/aromatic N) is 1. The Kier molecular flexibility index (Phi) is 6.70. The number of aromatic hydroxyl groups is 1. The maximum Gasteiger partial charge on any atom is 0.417 e. The van der Waals surface area contributed by atoms with Crippen LogP contribution in [0.5, 0.6) is 5.75 Å². The molecule has 11 heteroatoms. The van der Waals surface area contributed by atoms with Crippen LogP contribution in [0.2, 0.25) is 0 Å². The van der Waals surface area contributed by atoms with E-state index in [4.69, 9.17) is 16.7 Å². The van der Waals surface area contributed by atoms with Crippen LogP contribution >= 0.6 is 11.6 Å². The molecule has 3 aromatic carbocycles. The third-order valence-electron chi connectivity index (χ3n) is 5.82. The van der Waals surface area contributed by atoms with E-state index in [1.807, 2.05) is 6.92 Å². The van der Waals surface area contributed by atoms with Crippen LogP contribution in [0, 0.1) is 13.8 Å². The van der Waals surface area contributed by atoms with Crippen molar-refractivity contribution < 1.29 is 33.0 Å². The predicted octanol–water partition coefficient (Wildman–Crippen LogP) is 6.13. The summed E-state index contributed by atoms with van der Waals surface area (Å²) in [5, 5.41) is 25.2. The molecule has 0 saturated heterocycles. The number of aryl methyl sites for hydroxylation is 2. The molecule has 0 radical (unpaired) electrons. The molecule has 4 rings (SSSR count). The van der Waals surface area contributed by atoms with Gasteiger partial charge in [0.25, 0.3) is 5.91 Å². The van der Waals surface area contributed by atoms with Crippen molar-refractivity contribution in [2.24, 2.45) is 5.10 Å². The molecular weight excluding hydrogens is 511 g/mol. The molecular formula is C26H19ClF3N3O4. The molecule has 0 aliphatic carbocycles. The monoisotopic (exact) mass is 529 g/mol. The highest BCUT2D eigenvalue weighted by Crippen LogP contribution is 2.45. The Morgan fingerprint density at radius 1 is 1.08 bits per heavy atom. The first-order valence-electron chi connectivity index (χ1n) is 10.8. The molecule has 0 aromatic heterocycles. The fraction of sp³-hybridized carbons (Fsp3) is 0.115. The lowest BCUT2D eigenvalue weighted by Gasteiger charge is -2.17. The number of phenolic OH excluding ortho intramolecular Hbond substituents is 1. The quantitative estimate of drug-likeness (QED) is 0.181. The summed E-state index contributed by atoms with van der Waals surface area (Å²) < 4.78 is 41.8. The maximum absolute atomic E-state index is 13.9. The van der Waals surface area contributed by atoms with Gasteiger partial charge in [-0.3, -0.25) is 10.2 Å². The lowest BCUT2D eigenvalue weighted by Crippen LogP contribution is -2.16. The number of halogens is 4. The number of benzene rings is 3. The molecule has 0 fully saturated rings. The number of hydrogen-bond acceptors (Lipinski definition) is 5. The number of carbonyl (C=O) groups excluding carboxylic acids is 1. The van der Waals surface area contributed by atoms with Crippen molar-refractivity contribution in [1.29, 1.82) is 0 Å². The minimum absolute atomic E-state index is 0.0170. The molecule has 1 aliphatic rings. The van der Waals surface area contributed by atoms with Crippen molar-refractivity contribution >= 4 is 46.6 Å². The summed E-state index contributed by atoms with van der Waals surface area (Å²) in [6.45, 7) is 3.63. The van der Waals surface area contributed by atoms with E-state index in [1.165, 1.54) is 24.3 Å². The zero-order valence-corrected chi connectivity index (χ0v) is 20.1. The van der Waals surface area contributed by atoms with Gasteiger partial charge in [0.1, 0.15) is 10.8 Å². The number of hydrazone groups is 1. The van der Waals surface area contributed by atoms with Gasteiger partial charge in [-0.25, -0.2) is 4.79 Å². The molecule has 7 nitrogen and oxygen atoms in total. The lowest BCUT2D eigenvalue weighted by atomic mass is 9.92. The normalized spacial score (nSPS) is 14.5. The van der Waals surface area contributed by atoms with Crippen LogP contribution in [0.25, 0.3) is 17.2 Å². The van der Waals surface area contributed by atoms with Crippen LogP contribution in [0.4, 0.5) is 24.5 Å². The number of nitrogens with one attached hydrogen (secondary N) is 2. The Balaban J connectivity index is 1.75. The Bertz CT molecular complexity index is 1510. The van der Waals surface area contributed by atoms with Gasteiger partial charge in [-0.1, -0.05) is 35.9 Å². The van der Waals surface area contributed by atoms with Crippen LogP contribution in [0.3, 0.4) is 0 Å². The van der Waals surface area contributed by atoms with Crippen LogP contribution in [0.1, 0.15) is 27.8 Å². The zero-order valence-electron chi connectivity index (χ0n) is 19.4. The predicted molar refractivity (Wildman–Crippen MR) is 135 cm³/mol. The Morgan fingerprint density at radius 3 is 2.43 bits per heavy atom. The summed E-state index contributed by atoms with van der Waals surface area (Å²) in [7, 11) is 0. The summed E-state index contributed by atoms with van der Waals surface area (Å²) >= 11 is 5.59. The van der Waals surface area contributed by atoms with Gasteiger partial charge >= 0.3 is 12.1 Å². The number of carbonyl (C=O) groups is 2. The Hall–Kier alpha value is -4.31. The molecule has 0 unspecified atom stereocenters. The van der Waals surface area contributed by atoms with E-state index in [0.717, 1.165) is 23.3 Å². The van der Waals surface area contributed by atoms with Crippen molar-refractivity contribution in [1.82, 2.24) is 0 Å². The number of carboxylic acids is 1. The molecule has 0 atom stereocenters. The molecule has 190 valence electrons. The molecule has 1 amide bonds. The van der Waals surface area contributed by atoms with Crippen molar-refractivity contribution in [3.8, 4) is 16.9 Å². The van der Waals surface area contributed by atoms with Crippen molar-refractivity contribution in [2.75, 3.05) is 10.7 Å². The average Bonchev–Trinajstić information content (AvgIpc) is 3.14. The molecule has 37 heavy (non-hydrogen) atoms. The van der Waals surface area contributed by atoms with Gasteiger partial charge < -0.3 is 15.5 Å². The SMILES string of the molecule is Cc1ccc(-c2c(C(F)(F)F)ccc3c2NC(=O)C3=NNc2ccc(C=C(Cl)C(=O)O)cc2O)cc1C. The maximum atomic E-state index is 13.9. The van der Waals surface area contributed by atoms with Crippen LogP contribution in [0.15, 0.2) is 58.7 Å². The fourth-order valence-corrected chi connectivity index (χ4v) is 3.95. The highest BCUT2D eigenvalue weighted by molar-refractivity contribution is 6.54. The summed E-state index contributed by atoms with van der Waals surface area (Å²) in [5.41, 5.74) is 3.80. The van der Waals surface area contributed by atoms with Crippen LogP contribution < -0.4 is 10.7 Å².